The molecule has 0 saturated carbocycles. The zero-order chi connectivity index (χ0) is 10.4. The number of rotatable bonds is 5. The molecule has 1 amide bonds. The molecule has 0 aromatic carbocycles. The van der Waals surface area contributed by atoms with Gasteiger partial charge in [-0.25, -0.2) is 0 Å². The van der Waals surface area contributed by atoms with Gasteiger partial charge in [-0.05, 0) is 13.3 Å². The summed E-state index contributed by atoms with van der Waals surface area (Å²) >= 11 is 3.16. The fourth-order valence-electron chi connectivity index (χ4n) is 0.705. The highest BCUT2D eigenvalue weighted by molar-refractivity contribution is 9.10. The first kappa shape index (κ1) is 13.1. The SMILES string of the molecule is CC(Br)C(=O)NCCC(C)S(C)=O. The summed E-state index contributed by atoms with van der Waals surface area (Å²) in [6, 6.07) is 0. The minimum atomic E-state index is -0.799. The van der Waals surface area contributed by atoms with Gasteiger partial charge in [-0.3, -0.25) is 9.00 Å². The van der Waals surface area contributed by atoms with E-state index in [2.05, 4.69) is 21.2 Å². The van der Waals surface area contributed by atoms with Crippen LogP contribution in [-0.4, -0.2) is 33.0 Å². The molecule has 0 aromatic rings. The van der Waals surface area contributed by atoms with Crippen molar-refractivity contribution in [2.75, 3.05) is 12.8 Å². The van der Waals surface area contributed by atoms with Crippen molar-refractivity contribution >= 4 is 32.6 Å². The van der Waals surface area contributed by atoms with E-state index in [1.54, 1.807) is 13.2 Å². The Morgan fingerprint density at radius 1 is 1.54 bits per heavy atom. The van der Waals surface area contributed by atoms with E-state index in [4.69, 9.17) is 0 Å². The second-order valence-corrected chi connectivity index (χ2v) is 6.18. The fourth-order valence-corrected chi connectivity index (χ4v) is 1.32. The zero-order valence-electron chi connectivity index (χ0n) is 8.17. The Balaban J connectivity index is 3.56. The highest BCUT2D eigenvalue weighted by Gasteiger charge is 2.09. The lowest BCUT2D eigenvalue weighted by molar-refractivity contribution is -0.120. The average Bonchev–Trinajstić information content (AvgIpc) is 2.03. The second-order valence-electron chi connectivity index (χ2n) is 3.00. The average molecular weight is 270 g/mol. The van der Waals surface area contributed by atoms with Gasteiger partial charge in [0.25, 0.3) is 0 Å². The Bertz CT molecular complexity index is 197. The standard InChI is InChI=1S/C8H16BrNO2S/c1-6(13(3)12)4-5-10-8(11)7(2)9/h6-7H,4-5H2,1-3H3,(H,10,11). The van der Waals surface area contributed by atoms with Gasteiger partial charge in [0.15, 0.2) is 0 Å². The third-order valence-corrected chi connectivity index (χ3v) is 3.56. The Morgan fingerprint density at radius 3 is 2.46 bits per heavy atom. The van der Waals surface area contributed by atoms with Gasteiger partial charge in [0.1, 0.15) is 0 Å². The second kappa shape index (κ2) is 6.54. The molecule has 78 valence electrons. The Hall–Kier alpha value is 0.1000. The quantitative estimate of drug-likeness (QED) is 0.759. The van der Waals surface area contributed by atoms with Crippen molar-refractivity contribution in [1.82, 2.24) is 5.32 Å². The van der Waals surface area contributed by atoms with E-state index in [0.29, 0.717) is 6.54 Å². The number of amides is 1. The van der Waals surface area contributed by atoms with E-state index in [1.807, 2.05) is 6.92 Å². The maximum absolute atomic E-state index is 11.1. The molecule has 5 heteroatoms. The molecule has 0 aromatic heterocycles. The van der Waals surface area contributed by atoms with Crippen molar-refractivity contribution in [3.63, 3.8) is 0 Å². The van der Waals surface area contributed by atoms with Gasteiger partial charge in [-0.15, -0.1) is 0 Å². The molecule has 13 heavy (non-hydrogen) atoms. The molecule has 0 rings (SSSR count). The third kappa shape index (κ3) is 6.21. The molecule has 3 atom stereocenters. The number of carbonyl (C=O) groups excluding carboxylic acids is 1. The van der Waals surface area contributed by atoms with E-state index in [9.17, 15) is 9.00 Å². The van der Waals surface area contributed by atoms with Gasteiger partial charge in [-0.2, -0.15) is 0 Å². The van der Waals surface area contributed by atoms with Crippen LogP contribution in [0, 0.1) is 0 Å². The first-order chi connectivity index (χ1) is 5.95. The molecule has 0 aliphatic heterocycles. The lowest BCUT2D eigenvalue weighted by Gasteiger charge is -2.09. The summed E-state index contributed by atoms with van der Waals surface area (Å²) in [5.41, 5.74) is 0. The molecule has 0 saturated heterocycles. The summed E-state index contributed by atoms with van der Waals surface area (Å²) in [4.78, 5) is 10.9. The molecule has 0 aliphatic rings. The molecular weight excluding hydrogens is 254 g/mol. The van der Waals surface area contributed by atoms with Gasteiger partial charge in [-0.1, -0.05) is 22.9 Å². The predicted octanol–water partition coefficient (Wildman–Crippen LogP) is 1.04. The van der Waals surface area contributed by atoms with E-state index in [1.165, 1.54) is 0 Å². The summed E-state index contributed by atoms with van der Waals surface area (Å²) in [6.07, 6.45) is 2.44. The minimum absolute atomic E-state index is 0.0194. The summed E-state index contributed by atoms with van der Waals surface area (Å²) in [6.45, 7) is 4.28. The summed E-state index contributed by atoms with van der Waals surface area (Å²) in [7, 11) is -0.799. The largest absolute Gasteiger partial charge is 0.355 e. The van der Waals surface area contributed by atoms with Gasteiger partial charge < -0.3 is 5.32 Å². The van der Waals surface area contributed by atoms with Crippen molar-refractivity contribution < 1.29 is 9.00 Å². The topological polar surface area (TPSA) is 46.2 Å². The highest BCUT2D eigenvalue weighted by Crippen LogP contribution is 1.99. The van der Waals surface area contributed by atoms with Crippen LogP contribution in [0.1, 0.15) is 20.3 Å². The maximum Gasteiger partial charge on any atom is 0.233 e. The van der Waals surface area contributed by atoms with Crippen molar-refractivity contribution in [1.29, 1.82) is 0 Å². The van der Waals surface area contributed by atoms with E-state index in [0.717, 1.165) is 6.42 Å². The highest BCUT2D eigenvalue weighted by atomic mass is 79.9. The van der Waals surface area contributed by atoms with Crippen molar-refractivity contribution in [3.05, 3.63) is 0 Å². The van der Waals surface area contributed by atoms with Crippen LogP contribution in [0.5, 0.6) is 0 Å². The summed E-state index contributed by atoms with van der Waals surface area (Å²) < 4.78 is 10.9. The van der Waals surface area contributed by atoms with Crippen molar-refractivity contribution in [2.24, 2.45) is 0 Å². The van der Waals surface area contributed by atoms with Gasteiger partial charge in [0, 0.05) is 28.9 Å². The van der Waals surface area contributed by atoms with Crippen molar-refractivity contribution in [2.45, 2.75) is 30.3 Å². The normalized spacial score (nSPS) is 17.5. The lowest BCUT2D eigenvalue weighted by atomic mass is 10.3. The number of hydrogen-bond acceptors (Lipinski definition) is 2. The van der Waals surface area contributed by atoms with Crippen LogP contribution >= 0.6 is 15.9 Å². The third-order valence-electron chi connectivity index (χ3n) is 1.78. The Kier molecular flexibility index (Phi) is 6.59. The first-order valence-corrected chi connectivity index (χ1v) is 6.73. The van der Waals surface area contributed by atoms with Gasteiger partial charge >= 0.3 is 0 Å². The fraction of sp³-hybridized carbons (Fsp3) is 0.875. The van der Waals surface area contributed by atoms with E-state index in [-0.39, 0.29) is 16.0 Å². The van der Waals surface area contributed by atoms with E-state index < -0.39 is 10.8 Å². The van der Waals surface area contributed by atoms with Gasteiger partial charge in [0.05, 0.1) is 4.83 Å². The van der Waals surface area contributed by atoms with Crippen LogP contribution in [0.2, 0.25) is 0 Å². The van der Waals surface area contributed by atoms with E-state index >= 15 is 0 Å². The number of carbonyl (C=O) groups is 1. The van der Waals surface area contributed by atoms with Gasteiger partial charge in [0.2, 0.25) is 5.91 Å². The van der Waals surface area contributed by atoms with Crippen LogP contribution in [0.3, 0.4) is 0 Å². The molecule has 0 aliphatic carbocycles. The number of hydrogen-bond donors (Lipinski definition) is 1. The molecular formula is C8H16BrNO2S. The number of alkyl halides is 1. The smallest absolute Gasteiger partial charge is 0.233 e. The molecule has 0 heterocycles. The molecule has 3 unspecified atom stereocenters. The summed E-state index contributed by atoms with van der Waals surface area (Å²) in [5, 5.41) is 2.89. The number of halogens is 1. The monoisotopic (exact) mass is 269 g/mol. The molecule has 0 spiro atoms. The zero-order valence-corrected chi connectivity index (χ0v) is 10.6. The number of nitrogens with one attached hydrogen (secondary N) is 1. The lowest BCUT2D eigenvalue weighted by Crippen LogP contribution is -2.31. The minimum Gasteiger partial charge on any atom is -0.355 e. The van der Waals surface area contributed by atoms with Crippen LogP contribution in [-0.2, 0) is 15.6 Å². The van der Waals surface area contributed by atoms with Crippen LogP contribution in [0.25, 0.3) is 0 Å². The molecule has 0 radical (unpaired) electrons. The molecule has 0 bridgehead atoms. The Morgan fingerprint density at radius 2 is 2.08 bits per heavy atom. The molecule has 0 fully saturated rings. The predicted molar refractivity (Wildman–Crippen MR) is 59.5 cm³/mol. The maximum atomic E-state index is 11.1. The Labute approximate surface area is 90.2 Å². The first-order valence-electron chi connectivity index (χ1n) is 4.19. The molecule has 3 nitrogen and oxygen atoms in total. The van der Waals surface area contributed by atoms with Crippen LogP contribution in [0.15, 0.2) is 0 Å². The van der Waals surface area contributed by atoms with Crippen molar-refractivity contribution in [3.8, 4) is 0 Å². The van der Waals surface area contributed by atoms with Crippen LogP contribution < -0.4 is 5.32 Å². The molecule has 1 N–H and O–H groups in total. The summed E-state index contributed by atoms with van der Waals surface area (Å²) in [5.74, 6) is -0.0194. The van der Waals surface area contributed by atoms with Crippen LogP contribution in [0.4, 0.5) is 0 Å².